The lowest BCUT2D eigenvalue weighted by molar-refractivity contribution is -0.385. The maximum Gasteiger partial charge on any atom is 0.310 e. The zero-order valence-electron chi connectivity index (χ0n) is 10.7. The number of halogens is 1. The van der Waals surface area contributed by atoms with E-state index in [0.29, 0.717) is 12.1 Å². The fourth-order valence-electron chi connectivity index (χ4n) is 1.42. The summed E-state index contributed by atoms with van der Waals surface area (Å²) in [7, 11) is 1.33. The molecule has 0 saturated carbocycles. The number of benzene rings is 1. The fourth-order valence-corrected chi connectivity index (χ4v) is 1.58. The summed E-state index contributed by atoms with van der Waals surface area (Å²) in [6, 6.07) is 4.03. The molecule has 1 N–H and O–H groups in total. The molecule has 0 fully saturated rings. The fraction of sp³-hybridized carbons (Fsp3) is 0.417. The number of methoxy groups -OCH3 is 1. The molecule has 0 spiro atoms. The predicted molar refractivity (Wildman–Crippen MR) is 75.0 cm³/mol. The quantitative estimate of drug-likeness (QED) is 0.493. The molecule has 0 aromatic heterocycles. The van der Waals surface area contributed by atoms with E-state index < -0.39 is 4.92 Å². The van der Waals surface area contributed by atoms with E-state index >= 15 is 0 Å². The first-order valence-corrected chi connectivity index (χ1v) is 6.65. The SMILES string of the molecule is CCC(Br)CNC(=O)c1ccc([N+](=O)[O-])c(OC)c1. The first-order chi connectivity index (χ1) is 8.99. The zero-order valence-corrected chi connectivity index (χ0v) is 12.3. The second-order valence-corrected chi connectivity index (χ2v) is 5.15. The molecule has 1 atom stereocenters. The molecule has 6 nitrogen and oxygen atoms in total. The maximum absolute atomic E-state index is 11.9. The average molecular weight is 331 g/mol. The van der Waals surface area contributed by atoms with Crippen molar-refractivity contribution in [1.82, 2.24) is 5.32 Å². The van der Waals surface area contributed by atoms with E-state index in [1.165, 1.54) is 25.3 Å². The highest BCUT2D eigenvalue weighted by Gasteiger charge is 2.17. The minimum atomic E-state index is -0.549. The van der Waals surface area contributed by atoms with Gasteiger partial charge in [-0.1, -0.05) is 22.9 Å². The van der Waals surface area contributed by atoms with Crippen molar-refractivity contribution < 1.29 is 14.5 Å². The summed E-state index contributed by atoms with van der Waals surface area (Å²) in [5.74, 6) is -0.213. The van der Waals surface area contributed by atoms with Gasteiger partial charge >= 0.3 is 5.69 Å². The van der Waals surface area contributed by atoms with Crippen molar-refractivity contribution in [2.24, 2.45) is 0 Å². The first kappa shape index (κ1) is 15.4. The van der Waals surface area contributed by atoms with Crippen molar-refractivity contribution in [2.45, 2.75) is 18.2 Å². The molecular formula is C12H15BrN2O4. The summed E-state index contributed by atoms with van der Waals surface area (Å²) in [6.45, 7) is 2.50. The van der Waals surface area contributed by atoms with Gasteiger partial charge in [0.05, 0.1) is 12.0 Å². The number of hydrogen-bond donors (Lipinski definition) is 1. The molecule has 0 radical (unpaired) electrons. The number of carbonyl (C=O) groups is 1. The normalized spacial score (nSPS) is 11.7. The number of ether oxygens (including phenoxy) is 1. The third kappa shape index (κ3) is 4.20. The number of nitro groups is 1. The van der Waals surface area contributed by atoms with Gasteiger partial charge in [0.1, 0.15) is 0 Å². The predicted octanol–water partition coefficient (Wildman–Crippen LogP) is 2.51. The van der Waals surface area contributed by atoms with Crippen LogP contribution in [-0.4, -0.2) is 29.3 Å². The van der Waals surface area contributed by atoms with Crippen molar-refractivity contribution in [2.75, 3.05) is 13.7 Å². The monoisotopic (exact) mass is 330 g/mol. The van der Waals surface area contributed by atoms with Gasteiger partial charge in [-0.2, -0.15) is 0 Å². The van der Waals surface area contributed by atoms with E-state index in [-0.39, 0.29) is 22.2 Å². The van der Waals surface area contributed by atoms with Crippen molar-refractivity contribution in [3.8, 4) is 5.75 Å². The van der Waals surface area contributed by atoms with E-state index in [9.17, 15) is 14.9 Å². The van der Waals surface area contributed by atoms with Crippen molar-refractivity contribution in [3.05, 3.63) is 33.9 Å². The van der Waals surface area contributed by atoms with E-state index in [1.807, 2.05) is 6.92 Å². The highest BCUT2D eigenvalue weighted by atomic mass is 79.9. The molecule has 1 amide bonds. The summed E-state index contributed by atoms with van der Waals surface area (Å²) in [5.41, 5.74) is 0.171. The van der Waals surface area contributed by atoms with E-state index in [1.54, 1.807) is 0 Å². The molecule has 7 heteroatoms. The largest absolute Gasteiger partial charge is 0.490 e. The number of nitrogens with zero attached hydrogens (tertiary/aromatic N) is 1. The van der Waals surface area contributed by atoms with Crippen LogP contribution in [0.4, 0.5) is 5.69 Å². The van der Waals surface area contributed by atoms with E-state index in [4.69, 9.17) is 4.74 Å². The summed E-state index contributed by atoms with van der Waals surface area (Å²) in [4.78, 5) is 22.2. The summed E-state index contributed by atoms with van der Waals surface area (Å²) in [6.07, 6.45) is 0.893. The molecule has 0 bridgehead atoms. The number of hydrogen-bond acceptors (Lipinski definition) is 4. The topological polar surface area (TPSA) is 81.5 Å². The van der Waals surface area contributed by atoms with Crippen molar-refractivity contribution in [1.29, 1.82) is 0 Å². The van der Waals surface area contributed by atoms with Crippen LogP contribution in [0.5, 0.6) is 5.75 Å². The molecule has 19 heavy (non-hydrogen) atoms. The Bertz CT molecular complexity index is 479. The maximum atomic E-state index is 11.9. The molecule has 0 saturated heterocycles. The van der Waals surface area contributed by atoms with Crippen LogP contribution in [0.3, 0.4) is 0 Å². The smallest absolute Gasteiger partial charge is 0.310 e. The number of nitrogens with one attached hydrogen (secondary N) is 1. The molecule has 0 aliphatic carbocycles. The molecule has 1 unspecified atom stereocenters. The summed E-state index contributed by atoms with van der Waals surface area (Å²) >= 11 is 3.41. The first-order valence-electron chi connectivity index (χ1n) is 5.74. The van der Waals surface area contributed by atoms with Gasteiger partial charge in [-0.15, -0.1) is 0 Å². The number of amides is 1. The van der Waals surface area contributed by atoms with Crippen molar-refractivity contribution >= 4 is 27.5 Å². The molecule has 1 rings (SSSR count). The van der Waals surface area contributed by atoms with Crippen LogP contribution < -0.4 is 10.1 Å². The lowest BCUT2D eigenvalue weighted by Crippen LogP contribution is -2.29. The molecule has 1 aromatic rings. The van der Waals surface area contributed by atoms with Crippen LogP contribution in [0.15, 0.2) is 18.2 Å². The number of carbonyl (C=O) groups excluding carboxylic acids is 1. The van der Waals surface area contributed by atoms with Crippen molar-refractivity contribution in [3.63, 3.8) is 0 Å². The lowest BCUT2D eigenvalue weighted by Gasteiger charge is -2.09. The lowest BCUT2D eigenvalue weighted by atomic mass is 10.1. The minimum absolute atomic E-state index is 0.0727. The summed E-state index contributed by atoms with van der Waals surface area (Å²) < 4.78 is 4.91. The molecule has 0 aliphatic heterocycles. The molecule has 104 valence electrons. The second kappa shape index (κ2) is 7.08. The van der Waals surface area contributed by atoms with E-state index in [0.717, 1.165) is 6.42 Å². The van der Waals surface area contributed by atoms with Gasteiger partial charge in [0.2, 0.25) is 0 Å². The van der Waals surface area contributed by atoms with Crippen LogP contribution in [0.1, 0.15) is 23.7 Å². The van der Waals surface area contributed by atoms with Gasteiger partial charge in [0.25, 0.3) is 5.91 Å². The average Bonchev–Trinajstić information content (AvgIpc) is 2.43. The van der Waals surface area contributed by atoms with Crippen LogP contribution in [0, 0.1) is 10.1 Å². The van der Waals surface area contributed by atoms with Crippen LogP contribution in [-0.2, 0) is 0 Å². The standard InChI is InChI=1S/C12H15BrN2O4/c1-3-9(13)7-14-12(16)8-4-5-10(15(17)18)11(6-8)19-2/h4-6,9H,3,7H2,1-2H3,(H,14,16). The van der Waals surface area contributed by atoms with Crippen LogP contribution in [0.25, 0.3) is 0 Å². The van der Waals surface area contributed by atoms with Gasteiger partial charge in [-0.05, 0) is 12.5 Å². The Morgan fingerprint density at radius 1 is 1.58 bits per heavy atom. The molecule has 0 aliphatic rings. The van der Waals surface area contributed by atoms with Gasteiger partial charge in [-0.3, -0.25) is 14.9 Å². The van der Waals surface area contributed by atoms with E-state index in [2.05, 4.69) is 21.2 Å². The second-order valence-electron chi connectivity index (χ2n) is 3.86. The zero-order chi connectivity index (χ0) is 14.4. The van der Waals surface area contributed by atoms with Gasteiger partial charge in [0.15, 0.2) is 5.75 Å². The molecule has 0 heterocycles. The Labute approximate surface area is 119 Å². The third-order valence-electron chi connectivity index (χ3n) is 2.57. The Balaban J connectivity index is 2.84. The van der Waals surface area contributed by atoms with Gasteiger partial charge in [0, 0.05) is 29.1 Å². The Morgan fingerprint density at radius 3 is 2.79 bits per heavy atom. The highest BCUT2D eigenvalue weighted by Crippen LogP contribution is 2.27. The number of nitro benzene ring substituents is 1. The van der Waals surface area contributed by atoms with Gasteiger partial charge < -0.3 is 10.1 Å². The van der Waals surface area contributed by atoms with Gasteiger partial charge in [-0.25, -0.2) is 0 Å². The Hall–Kier alpha value is -1.63. The molecule has 1 aromatic carbocycles. The summed E-state index contributed by atoms with van der Waals surface area (Å²) in [5, 5.41) is 13.5. The van der Waals surface area contributed by atoms with Crippen LogP contribution in [0.2, 0.25) is 0 Å². The highest BCUT2D eigenvalue weighted by molar-refractivity contribution is 9.09. The number of rotatable bonds is 6. The number of alkyl halides is 1. The Morgan fingerprint density at radius 2 is 2.26 bits per heavy atom. The molecular weight excluding hydrogens is 316 g/mol. The Kier molecular flexibility index (Phi) is 5.75. The van der Waals surface area contributed by atoms with Crippen LogP contribution >= 0.6 is 15.9 Å². The third-order valence-corrected chi connectivity index (χ3v) is 3.54. The minimum Gasteiger partial charge on any atom is -0.490 e.